The van der Waals surface area contributed by atoms with Crippen molar-refractivity contribution in [1.82, 2.24) is 19.8 Å². The molecule has 0 aliphatic rings. The molecule has 0 spiro atoms. The predicted octanol–water partition coefficient (Wildman–Crippen LogP) is 4.30. The number of nitrogens with zero attached hydrogens (tertiary/aromatic N) is 4. The molecule has 4 rings (SSSR count). The van der Waals surface area contributed by atoms with Gasteiger partial charge < -0.3 is 0 Å². The summed E-state index contributed by atoms with van der Waals surface area (Å²) in [5, 5.41) is 13.1. The molecule has 2 aromatic carbocycles. The summed E-state index contributed by atoms with van der Waals surface area (Å²) in [5.41, 5.74) is 5.40. The zero-order valence-electron chi connectivity index (χ0n) is 15.1. The normalized spacial score (nSPS) is 11.3. The van der Waals surface area contributed by atoms with Crippen LogP contribution in [0.5, 0.6) is 0 Å². The minimum atomic E-state index is -0.194. The number of fused-ring (bicyclic) bond motifs is 1. The van der Waals surface area contributed by atoms with Crippen LogP contribution in [0.4, 0.5) is 0 Å². The smallest absolute Gasteiger partial charge is 0.207 e. The number of hydrogen-bond acceptors (Lipinski definition) is 4. The van der Waals surface area contributed by atoms with Crippen LogP contribution in [0.1, 0.15) is 27.4 Å². The first-order valence-electron chi connectivity index (χ1n) is 8.70. The summed E-state index contributed by atoms with van der Waals surface area (Å²) in [6, 6.07) is 19.6. The van der Waals surface area contributed by atoms with Crippen LogP contribution in [0.2, 0.25) is 0 Å². The third-order valence-corrected chi connectivity index (χ3v) is 4.46. The number of rotatable bonds is 4. The summed E-state index contributed by atoms with van der Waals surface area (Å²) in [6.07, 6.45) is 3.30. The van der Waals surface area contributed by atoms with Gasteiger partial charge in [-0.1, -0.05) is 66.7 Å². The molecule has 0 radical (unpaired) electrons. The second-order valence-corrected chi connectivity index (χ2v) is 6.30. The summed E-state index contributed by atoms with van der Waals surface area (Å²) < 4.78 is 1.70. The molecule has 0 aliphatic heterocycles. The molecular formula is C22H18N4O. The number of allylic oxidation sites excluding steroid dienone is 1. The monoisotopic (exact) mass is 354 g/mol. The summed E-state index contributed by atoms with van der Waals surface area (Å²) in [6.45, 7) is 3.78. The molecule has 0 bridgehead atoms. The molecule has 0 N–H and O–H groups in total. The van der Waals surface area contributed by atoms with Crippen molar-refractivity contribution >= 4 is 17.5 Å². The molecule has 0 fully saturated rings. The highest BCUT2D eigenvalue weighted by molar-refractivity contribution is 6.06. The van der Waals surface area contributed by atoms with E-state index in [4.69, 9.17) is 0 Å². The van der Waals surface area contributed by atoms with E-state index in [-0.39, 0.29) is 5.78 Å². The fraction of sp³-hybridized carbons (Fsp3) is 0.0909. The first-order chi connectivity index (χ1) is 13.1. The van der Waals surface area contributed by atoms with Gasteiger partial charge in [-0.25, -0.2) is 4.52 Å². The van der Waals surface area contributed by atoms with Crippen molar-refractivity contribution in [3.05, 3.63) is 89.4 Å². The predicted molar refractivity (Wildman–Crippen MR) is 105 cm³/mol. The Kier molecular flexibility index (Phi) is 4.34. The lowest BCUT2D eigenvalue weighted by Crippen LogP contribution is -2.10. The maximum atomic E-state index is 12.6. The molecule has 0 saturated heterocycles. The Morgan fingerprint density at radius 2 is 1.59 bits per heavy atom. The van der Waals surface area contributed by atoms with Gasteiger partial charge in [0.1, 0.15) is 0 Å². The lowest BCUT2D eigenvalue weighted by Gasteiger charge is -2.04. The highest BCUT2D eigenvalue weighted by atomic mass is 16.1. The van der Waals surface area contributed by atoms with E-state index in [1.54, 1.807) is 10.6 Å². The second-order valence-electron chi connectivity index (χ2n) is 6.30. The van der Waals surface area contributed by atoms with Crippen LogP contribution < -0.4 is 0 Å². The molecule has 4 aromatic rings. The Bertz CT molecular complexity index is 1150. The van der Waals surface area contributed by atoms with E-state index in [0.29, 0.717) is 17.0 Å². The summed E-state index contributed by atoms with van der Waals surface area (Å²) >= 11 is 0. The topological polar surface area (TPSA) is 60.2 Å². The van der Waals surface area contributed by atoms with Crippen LogP contribution in [0.3, 0.4) is 0 Å². The molecule has 0 unspecified atom stereocenters. The molecule has 2 aromatic heterocycles. The number of ketones is 1. The van der Waals surface area contributed by atoms with Crippen molar-refractivity contribution in [2.24, 2.45) is 0 Å². The van der Waals surface area contributed by atoms with Crippen molar-refractivity contribution in [2.75, 3.05) is 0 Å². The van der Waals surface area contributed by atoms with Gasteiger partial charge in [0.25, 0.3) is 0 Å². The van der Waals surface area contributed by atoms with Crippen LogP contribution in [0.25, 0.3) is 22.9 Å². The van der Waals surface area contributed by atoms with Gasteiger partial charge in [-0.05, 0) is 31.1 Å². The van der Waals surface area contributed by atoms with Gasteiger partial charge in [0.2, 0.25) is 5.78 Å². The van der Waals surface area contributed by atoms with E-state index in [0.717, 1.165) is 22.4 Å². The zero-order valence-corrected chi connectivity index (χ0v) is 15.1. The zero-order chi connectivity index (χ0) is 18.8. The standard InChI is InChI=1S/C22H18N4O/c1-15-20(18-11-7-4-8-12-18)22-24-23-21(16(2)26(22)25-15)19(27)14-13-17-9-5-3-6-10-17/h3-14H,1-2H3/b14-13+. The first kappa shape index (κ1) is 16.8. The lowest BCUT2D eigenvalue weighted by atomic mass is 10.1. The van der Waals surface area contributed by atoms with Gasteiger partial charge in [-0.15, -0.1) is 10.2 Å². The molecule has 5 heteroatoms. The molecule has 132 valence electrons. The average molecular weight is 354 g/mol. The second kappa shape index (κ2) is 6.96. The van der Waals surface area contributed by atoms with Crippen LogP contribution in [0.15, 0.2) is 66.7 Å². The number of aromatic nitrogens is 4. The molecule has 2 heterocycles. The fourth-order valence-electron chi connectivity index (χ4n) is 3.10. The van der Waals surface area contributed by atoms with E-state index in [1.165, 1.54) is 6.08 Å². The van der Waals surface area contributed by atoms with Gasteiger partial charge in [0.05, 0.1) is 17.0 Å². The molecule has 0 amide bonds. The summed E-state index contributed by atoms with van der Waals surface area (Å²) in [4.78, 5) is 12.6. The maximum absolute atomic E-state index is 12.6. The molecule has 27 heavy (non-hydrogen) atoms. The lowest BCUT2D eigenvalue weighted by molar-refractivity contribution is 0.104. The third-order valence-electron chi connectivity index (χ3n) is 4.46. The minimum absolute atomic E-state index is 0.194. The highest BCUT2D eigenvalue weighted by Gasteiger charge is 2.18. The molecular weight excluding hydrogens is 336 g/mol. The summed E-state index contributed by atoms with van der Waals surface area (Å²) in [7, 11) is 0. The number of benzene rings is 2. The van der Waals surface area contributed by atoms with Crippen LogP contribution in [-0.2, 0) is 0 Å². The number of carbonyl (C=O) groups is 1. The molecule has 0 atom stereocenters. The van der Waals surface area contributed by atoms with Crippen LogP contribution >= 0.6 is 0 Å². The number of aryl methyl sites for hydroxylation is 2. The Morgan fingerprint density at radius 1 is 0.926 bits per heavy atom. The van der Waals surface area contributed by atoms with Gasteiger partial charge in [-0.3, -0.25) is 4.79 Å². The van der Waals surface area contributed by atoms with E-state index in [1.807, 2.05) is 74.5 Å². The third kappa shape index (κ3) is 3.15. The average Bonchev–Trinajstić information content (AvgIpc) is 3.05. The summed E-state index contributed by atoms with van der Waals surface area (Å²) in [5.74, 6) is -0.194. The first-order valence-corrected chi connectivity index (χ1v) is 8.70. The van der Waals surface area contributed by atoms with Crippen LogP contribution in [0, 0.1) is 13.8 Å². The molecule has 0 aliphatic carbocycles. The van der Waals surface area contributed by atoms with E-state index in [2.05, 4.69) is 15.3 Å². The van der Waals surface area contributed by atoms with Crippen molar-refractivity contribution in [3.63, 3.8) is 0 Å². The number of hydrogen-bond donors (Lipinski definition) is 0. The maximum Gasteiger partial charge on any atom is 0.207 e. The van der Waals surface area contributed by atoms with Crippen molar-refractivity contribution in [1.29, 1.82) is 0 Å². The quantitative estimate of drug-likeness (QED) is 0.405. The van der Waals surface area contributed by atoms with Crippen molar-refractivity contribution in [3.8, 4) is 11.1 Å². The van der Waals surface area contributed by atoms with Crippen LogP contribution in [-0.4, -0.2) is 25.6 Å². The van der Waals surface area contributed by atoms with Gasteiger partial charge in [0.15, 0.2) is 11.3 Å². The Balaban J connectivity index is 1.75. The van der Waals surface area contributed by atoms with Gasteiger partial charge >= 0.3 is 0 Å². The fourth-order valence-corrected chi connectivity index (χ4v) is 3.10. The van der Waals surface area contributed by atoms with E-state index < -0.39 is 0 Å². The molecule has 5 nitrogen and oxygen atoms in total. The minimum Gasteiger partial charge on any atom is -0.287 e. The van der Waals surface area contributed by atoms with Gasteiger partial charge in [-0.2, -0.15) is 5.10 Å². The Hall–Kier alpha value is -3.60. The highest BCUT2D eigenvalue weighted by Crippen LogP contribution is 2.27. The Labute approximate surface area is 157 Å². The number of carbonyl (C=O) groups excluding carboxylic acids is 1. The Morgan fingerprint density at radius 3 is 2.30 bits per heavy atom. The van der Waals surface area contributed by atoms with Gasteiger partial charge in [0, 0.05) is 0 Å². The van der Waals surface area contributed by atoms with E-state index >= 15 is 0 Å². The largest absolute Gasteiger partial charge is 0.287 e. The molecule has 0 saturated carbocycles. The SMILES string of the molecule is Cc1nn2c(C)c(C(=O)/C=C/c3ccccc3)nnc2c1-c1ccccc1. The van der Waals surface area contributed by atoms with Crippen molar-refractivity contribution < 1.29 is 4.79 Å². The van der Waals surface area contributed by atoms with E-state index in [9.17, 15) is 4.79 Å². The van der Waals surface area contributed by atoms with Crippen molar-refractivity contribution in [2.45, 2.75) is 13.8 Å².